The molecule has 3 aromatic rings. The van der Waals surface area contributed by atoms with Crippen LogP contribution in [0.25, 0.3) is 21.8 Å². The molecule has 1 aliphatic heterocycles. The number of benzene rings is 1. The topological polar surface area (TPSA) is 42.7 Å². The molecule has 0 aliphatic carbocycles. The van der Waals surface area contributed by atoms with Gasteiger partial charge >= 0.3 is 0 Å². The third-order valence-electron chi connectivity index (χ3n) is 4.75. The smallest absolute Gasteiger partial charge is 0.149 e. The van der Waals surface area contributed by atoms with E-state index >= 15 is 0 Å². The van der Waals surface area contributed by atoms with Gasteiger partial charge in [0.1, 0.15) is 11.3 Å². The molecule has 1 N–H and O–H groups in total. The van der Waals surface area contributed by atoms with E-state index in [4.69, 9.17) is 0 Å². The molecule has 120 valence electrons. The molecule has 3 heterocycles. The SMILES string of the molecule is Cc1cc(F)c2ncc3cnn(C4CCCNCCC4)c3c2c1. The zero-order chi connectivity index (χ0) is 15.8. The van der Waals surface area contributed by atoms with Gasteiger partial charge in [0.05, 0.1) is 17.8 Å². The Morgan fingerprint density at radius 1 is 1.17 bits per heavy atom. The molecule has 1 aromatic carbocycles. The van der Waals surface area contributed by atoms with E-state index in [9.17, 15) is 4.39 Å². The fourth-order valence-corrected chi connectivity index (χ4v) is 3.65. The Kier molecular flexibility index (Phi) is 3.73. The molecule has 0 spiro atoms. The summed E-state index contributed by atoms with van der Waals surface area (Å²) in [5.41, 5.74) is 2.38. The fraction of sp³-hybridized carbons (Fsp3) is 0.444. The summed E-state index contributed by atoms with van der Waals surface area (Å²) < 4.78 is 16.4. The van der Waals surface area contributed by atoms with Crippen molar-refractivity contribution in [1.82, 2.24) is 20.1 Å². The second kappa shape index (κ2) is 5.89. The molecule has 0 radical (unpaired) electrons. The molecule has 0 unspecified atom stereocenters. The number of nitrogens with zero attached hydrogens (tertiary/aromatic N) is 3. The van der Waals surface area contributed by atoms with Crippen molar-refractivity contribution in [3.63, 3.8) is 0 Å². The first-order chi connectivity index (χ1) is 11.2. The molecule has 0 atom stereocenters. The summed E-state index contributed by atoms with van der Waals surface area (Å²) in [5.74, 6) is -0.253. The summed E-state index contributed by atoms with van der Waals surface area (Å²) in [6.45, 7) is 4.04. The van der Waals surface area contributed by atoms with E-state index < -0.39 is 0 Å². The van der Waals surface area contributed by atoms with Crippen molar-refractivity contribution in [1.29, 1.82) is 0 Å². The zero-order valence-electron chi connectivity index (χ0n) is 13.3. The summed E-state index contributed by atoms with van der Waals surface area (Å²) in [5, 5.41) is 9.94. The molecule has 23 heavy (non-hydrogen) atoms. The van der Waals surface area contributed by atoms with Gasteiger partial charge in [-0.2, -0.15) is 5.10 Å². The average Bonchev–Trinajstić information content (AvgIpc) is 2.91. The molecule has 1 saturated heterocycles. The highest BCUT2D eigenvalue weighted by molar-refractivity contribution is 6.03. The van der Waals surface area contributed by atoms with Gasteiger partial charge in [-0.1, -0.05) is 0 Å². The molecule has 4 nitrogen and oxygen atoms in total. The first-order valence-corrected chi connectivity index (χ1v) is 8.37. The summed E-state index contributed by atoms with van der Waals surface area (Å²) in [4.78, 5) is 4.30. The monoisotopic (exact) mass is 312 g/mol. The number of hydrogen-bond acceptors (Lipinski definition) is 3. The number of halogens is 1. The van der Waals surface area contributed by atoms with E-state index in [1.807, 2.05) is 19.2 Å². The molecule has 4 rings (SSSR count). The van der Waals surface area contributed by atoms with Crippen molar-refractivity contribution in [2.45, 2.75) is 38.6 Å². The molecular weight excluding hydrogens is 291 g/mol. The van der Waals surface area contributed by atoms with Crippen molar-refractivity contribution in [2.24, 2.45) is 0 Å². The van der Waals surface area contributed by atoms with Crippen LogP contribution in [0.5, 0.6) is 0 Å². The molecule has 2 aromatic heterocycles. The third kappa shape index (κ3) is 2.59. The number of aryl methyl sites for hydroxylation is 1. The fourth-order valence-electron chi connectivity index (χ4n) is 3.65. The molecule has 0 amide bonds. The van der Waals surface area contributed by atoms with Gasteiger partial charge in [0, 0.05) is 17.0 Å². The van der Waals surface area contributed by atoms with Gasteiger partial charge in [-0.05, 0) is 63.4 Å². The minimum Gasteiger partial charge on any atom is -0.317 e. The first-order valence-electron chi connectivity index (χ1n) is 8.37. The molecule has 1 fully saturated rings. The average molecular weight is 312 g/mol. The van der Waals surface area contributed by atoms with Crippen LogP contribution in [0.1, 0.15) is 37.3 Å². The van der Waals surface area contributed by atoms with Crippen molar-refractivity contribution in [3.05, 3.63) is 35.9 Å². The quantitative estimate of drug-likeness (QED) is 0.744. The highest BCUT2D eigenvalue weighted by Gasteiger charge is 2.19. The Bertz CT molecular complexity index is 847. The van der Waals surface area contributed by atoms with Crippen LogP contribution in [0.3, 0.4) is 0 Å². The Labute approximate surface area is 134 Å². The summed E-state index contributed by atoms with van der Waals surface area (Å²) in [6, 6.07) is 3.95. The molecular formula is C18H21FN4. The Balaban J connectivity index is 1.91. The van der Waals surface area contributed by atoms with Crippen LogP contribution >= 0.6 is 0 Å². The van der Waals surface area contributed by atoms with Gasteiger partial charge in [-0.15, -0.1) is 0 Å². The van der Waals surface area contributed by atoms with Crippen LogP contribution in [0.15, 0.2) is 24.5 Å². The first kappa shape index (κ1) is 14.6. The number of aromatic nitrogens is 3. The third-order valence-corrected chi connectivity index (χ3v) is 4.75. The predicted octanol–water partition coefficient (Wildman–Crippen LogP) is 3.74. The maximum atomic E-state index is 14.3. The number of rotatable bonds is 1. The van der Waals surface area contributed by atoms with E-state index in [0.29, 0.717) is 11.6 Å². The van der Waals surface area contributed by atoms with Crippen LogP contribution in [0.2, 0.25) is 0 Å². The summed E-state index contributed by atoms with van der Waals surface area (Å²) >= 11 is 0. The second-order valence-electron chi connectivity index (χ2n) is 6.48. The van der Waals surface area contributed by atoms with Crippen molar-refractivity contribution >= 4 is 21.8 Å². The van der Waals surface area contributed by atoms with E-state index in [2.05, 4.69) is 20.1 Å². The highest BCUT2D eigenvalue weighted by atomic mass is 19.1. The van der Waals surface area contributed by atoms with Gasteiger partial charge < -0.3 is 5.32 Å². The van der Waals surface area contributed by atoms with E-state index in [1.165, 1.54) is 0 Å². The summed E-state index contributed by atoms with van der Waals surface area (Å²) in [7, 11) is 0. The minimum atomic E-state index is -0.253. The Morgan fingerprint density at radius 3 is 2.74 bits per heavy atom. The molecule has 0 saturated carbocycles. The van der Waals surface area contributed by atoms with Crippen molar-refractivity contribution in [3.8, 4) is 0 Å². The Hall–Kier alpha value is -2.01. The van der Waals surface area contributed by atoms with Gasteiger partial charge in [0.25, 0.3) is 0 Å². The highest BCUT2D eigenvalue weighted by Crippen LogP contribution is 2.31. The lowest BCUT2D eigenvalue weighted by atomic mass is 10.0. The maximum absolute atomic E-state index is 14.3. The van der Waals surface area contributed by atoms with Gasteiger partial charge in [0.2, 0.25) is 0 Å². The summed E-state index contributed by atoms with van der Waals surface area (Å²) in [6.07, 6.45) is 8.08. The van der Waals surface area contributed by atoms with Gasteiger partial charge in [-0.25, -0.2) is 4.39 Å². The van der Waals surface area contributed by atoms with Crippen LogP contribution in [0.4, 0.5) is 4.39 Å². The van der Waals surface area contributed by atoms with E-state index in [0.717, 1.165) is 60.6 Å². The van der Waals surface area contributed by atoms with E-state index in [1.54, 1.807) is 12.3 Å². The van der Waals surface area contributed by atoms with Crippen LogP contribution in [-0.2, 0) is 0 Å². The lowest BCUT2D eigenvalue weighted by Gasteiger charge is -2.22. The van der Waals surface area contributed by atoms with E-state index in [-0.39, 0.29) is 5.82 Å². The maximum Gasteiger partial charge on any atom is 0.149 e. The molecule has 5 heteroatoms. The minimum absolute atomic E-state index is 0.253. The predicted molar refractivity (Wildman–Crippen MR) is 90.1 cm³/mol. The molecule has 1 aliphatic rings. The number of hydrogen-bond donors (Lipinski definition) is 1. The largest absolute Gasteiger partial charge is 0.317 e. The standard InChI is InChI=1S/C18H21FN4/c1-12-8-15-17(16(19)9-12)21-10-13-11-22-23(18(13)15)14-4-2-6-20-7-3-5-14/h8-11,14,20H,2-7H2,1H3. The number of fused-ring (bicyclic) bond motifs is 3. The van der Waals surface area contributed by atoms with Crippen molar-refractivity contribution < 1.29 is 4.39 Å². The Morgan fingerprint density at radius 2 is 1.96 bits per heavy atom. The number of nitrogens with one attached hydrogen (secondary N) is 1. The normalized spacial score (nSPS) is 17.5. The van der Waals surface area contributed by atoms with Gasteiger partial charge in [0.15, 0.2) is 0 Å². The lowest BCUT2D eigenvalue weighted by molar-refractivity contribution is 0.363. The molecule has 0 bridgehead atoms. The van der Waals surface area contributed by atoms with Gasteiger partial charge in [-0.3, -0.25) is 9.67 Å². The van der Waals surface area contributed by atoms with Crippen molar-refractivity contribution in [2.75, 3.05) is 13.1 Å². The van der Waals surface area contributed by atoms with Crippen LogP contribution in [-0.4, -0.2) is 27.9 Å². The lowest BCUT2D eigenvalue weighted by Crippen LogP contribution is -2.23. The van der Waals surface area contributed by atoms with Crippen LogP contribution in [0, 0.1) is 12.7 Å². The second-order valence-corrected chi connectivity index (χ2v) is 6.48. The van der Waals surface area contributed by atoms with Crippen LogP contribution < -0.4 is 5.32 Å². The zero-order valence-corrected chi connectivity index (χ0v) is 13.3. The number of pyridine rings is 1.